The second-order valence-electron chi connectivity index (χ2n) is 5.06. The predicted molar refractivity (Wildman–Crippen MR) is 78.6 cm³/mol. The lowest BCUT2D eigenvalue weighted by Crippen LogP contribution is -2.26. The van der Waals surface area contributed by atoms with Crippen molar-refractivity contribution < 1.29 is 17.9 Å². The summed E-state index contributed by atoms with van der Waals surface area (Å²) in [4.78, 5) is 11.5. The van der Waals surface area contributed by atoms with Crippen molar-refractivity contribution in [1.82, 2.24) is 10.0 Å². The lowest BCUT2D eigenvalue weighted by molar-refractivity contribution is 0.0600. The van der Waals surface area contributed by atoms with Crippen LogP contribution in [0.2, 0.25) is 0 Å². The van der Waals surface area contributed by atoms with Crippen molar-refractivity contribution in [3.05, 3.63) is 29.8 Å². The van der Waals surface area contributed by atoms with Crippen LogP contribution >= 0.6 is 0 Å². The molecule has 1 saturated heterocycles. The van der Waals surface area contributed by atoms with Gasteiger partial charge < -0.3 is 10.1 Å². The molecule has 7 heteroatoms. The Labute approximate surface area is 124 Å². The number of carbonyl (C=O) groups excluding carboxylic acids is 1. The molecule has 1 unspecified atom stereocenters. The summed E-state index contributed by atoms with van der Waals surface area (Å²) in [5, 5.41) is 3.25. The van der Waals surface area contributed by atoms with Gasteiger partial charge in [-0.15, -0.1) is 0 Å². The number of sulfonamides is 1. The molecule has 21 heavy (non-hydrogen) atoms. The van der Waals surface area contributed by atoms with Crippen LogP contribution in [-0.2, 0) is 14.8 Å². The third kappa shape index (κ3) is 4.26. The van der Waals surface area contributed by atoms with Gasteiger partial charge in [-0.1, -0.05) is 6.07 Å². The first-order valence-corrected chi connectivity index (χ1v) is 8.40. The van der Waals surface area contributed by atoms with E-state index in [1.807, 2.05) is 0 Å². The number of methoxy groups -OCH3 is 1. The molecule has 6 nitrogen and oxygen atoms in total. The van der Waals surface area contributed by atoms with Crippen LogP contribution in [0, 0.1) is 5.92 Å². The lowest BCUT2D eigenvalue weighted by Gasteiger charge is -2.10. The smallest absolute Gasteiger partial charge is 0.337 e. The highest BCUT2D eigenvalue weighted by Gasteiger charge is 2.18. The van der Waals surface area contributed by atoms with Crippen molar-refractivity contribution in [2.45, 2.75) is 17.7 Å². The Bertz CT molecular complexity index is 595. The number of benzene rings is 1. The maximum Gasteiger partial charge on any atom is 0.337 e. The molecule has 1 aromatic carbocycles. The number of ether oxygens (including phenoxy) is 1. The molecule has 0 aliphatic carbocycles. The summed E-state index contributed by atoms with van der Waals surface area (Å²) in [6.07, 6.45) is 1.89. The van der Waals surface area contributed by atoms with Crippen LogP contribution in [0.5, 0.6) is 0 Å². The Morgan fingerprint density at radius 3 is 2.95 bits per heavy atom. The minimum Gasteiger partial charge on any atom is -0.465 e. The zero-order valence-electron chi connectivity index (χ0n) is 12.0. The molecular weight excluding hydrogens is 292 g/mol. The van der Waals surface area contributed by atoms with Gasteiger partial charge in [0.2, 0.25) is 10.0 Å². The summed E-state index contributed by atoms with van der Waals surface area (Å²) in [6.45, 7) is 2.34. The molecule has 1 aliphatic heterocycles. The van der Waals surface area contributed by atoms with Crippen LogP contribution in [0.15, 0.2) is 29.2 Å². The maximum atomic E-state index is 12.2. The van der Waals surface area contributed by atoms with E-state index in [9.17, 15) is 13.2 Å². The van der Waals surface area contributed by atoms with Crippen LogP contribution in [-0.4, -0.2) is 41.1 Å². The summed E-state index contributed by atoms with van der Waals surface area (Å²) in [7, 11) is -2.33. The van der Waals surface area contributed by atoms with Crippen LogP contribution < -0.4 is 10.0 Å². The predicted octanol–water partition coefficient (Wildman–Crippen LogP) is 0.751. The van der Waals surface area contributed by atoms with Gasteiger partial charge in [-0.3, -0.25) is 0 Å². The average molecular weight is 312 g/mol. The van der Waals surface area contributed by atoms with E-state index in [1.54, 1.807) is 0 Å². The Morgan fingerprint density at radius 2 is 2.29 bits per heavy atom. The third-order valence-electron chi connectivity index (χ3n) is 3.57. The number of carbonyl (C=O) groups is 1. The first kappa shape index (κ1) is 15.9. The first-order chi connectivity index (χ1) is 10.0. The average Bonchev–Trinajstić information content (AvgIpc) is 2.99. The van der Waals surface area contributed by atoms with Gasteiger partial charge in [0.25, 0.3) is 0 Å². The van der Waals surface area contributed by atoms with E-state index in [4.69, 9.17) is 0 Å². The molecule has 0 bridgehead atoms. The van der Waals surface area contributed by atoms with Crippen LogP contribution in [0.25, 0.3) is 0 Å². The molecule has 1 atom stereocenters. The molecule has 1 aliphatic rings. The van der Waals surface area contributed by atoms with Crippen molar-refractivity contribution in [3.8, 4) is 0 Å². The molecule has 2 N–H and O–H groups in total. The molecule has 0 amide bonds. The number of rotatable bonds is 6. The Kier molecular flexibility index (Phi) is 5.33. The Hall–Kier alpha value is -1.44. The first-order valence-electron chi connectivity index (χ1n) is 6.91. The second kappa shape index (κ2) is 7.02. The third-order valence-corrected chi connectivity index (χ3v) is 5.03. The van der Waals surface area contributed by atoms with Gasteiger partial charge in [0.15, 0.2) is 0 Å². The SMILES string of the molecule is COC(=O)c1cccc(S(=O)(=O)NCCC2CCNC2)c1. The zero-order valence-corrected chi connectivity index (χ0v) is 12.8. The Morgan fingerprint density at radius 1 is 1.48 bits per heavy atom. The normalized spacial score (nSPS) is 18.6. The maximum absolute atomic E-state index is 12.2. The van der Waals surface area contributed by atoms with Gasteiger partial charge in [-0.2, -0.15) is 0 Å². The van der Waals surface area contributed by atoms with Gasteiger partial charge in [-0.25, -0.2) is 17.9 Å². The largest absolute Gasteiger partial charge is 0.465 e. The molecule has 1 heterocycles. The van der Waals surface area contributed by atoms with Crippen molar-refractivity contribution >= 4 is 16.0 Å². The molecule has 1 aromatic rings. The number of esters is 1. The van der Waals surface area contributed by atoms with E-state index in [-0.39, 0.29) is 10.5 Å². The van der Waals surface area contributed by atoms with Gasteiger partial charge in [-0.05, 0) is 50.0 Å². The highest BCUT2D eigenvalue weighted by Crippen LogP contribution is 2.14. The molecule has 0 spiro atoms. The molecular formula is C14H20N2O4S. The highest BCUT2D eigenvalue weighted by atomic mass is 32.2. The second-order valence-corrected chi connectivity index (χ2v) is 6.83. The van der Waals surface area contributed by atoms with Crippen molar-refractivity contribution in [1.29, 1.82) is 0 Å². The number of hydrogen-bond acceptors (Lipinski definition) is 5. The minimum atomic E-state index is -3.59. The number of nitrogens with one attached hydrogen (secondary N) is 2. The summed E-state index contributed by atoms with van der Waals surface area (Å²) in [6, 6.07) is 5.84. The van der Waals surface area contributed by atoms with E-state index in [1.165, 1.54) is 31.4 Å². The quantitative estimate of drug-likeness (QED) is 0.757. The van der Waals surface area contributed by atoms with Crippen LogP contribution in [0.3, 0.4) is 0 Å². The molecule has 1 fully saturated rings. The van der Waals surface area contributed by atoms with Gasteiger partial charge in [0.1, 0.15) is 0 Å². The fraction of sp³-hybridized carbons (Fsp3) is 0.500. The van der Waals surface area contributed by atoms with Crippen LogP contribution in [0.1, 0.15) is 23.2 Å². The molecule has 0 aromatic heterocycles. The van der Waals surface area contributed by atoms with Gasteiger partial charge >= 0.3 is 5.97 Å². The van der Waals surface area contributed by atoms with Gasteiger partial charge in [0, 0.05) is 6.54 Å². The fourth-order valence-corrected chi connectivity index (χ4v) is 3.44. The summed E-state index contributed by atoms with van der Waals surface area (Å²) >= 11 is 0. The number of hydrogen-bond donors (Lipinski definition) is 2. The molecule has 0 saturated carbocycles. The zero-order chi connectivity index (χ0) is 15.3. The summed E-state index contributed by atoms with van der Waals surface area (Å²) in [5.41, 5.74) is 0.223. The van der Waals surface area contributed by atoms with E-state index < -0.39 is 16.0 Å². The van der Waals surface area contributed by atoms with Gasteiger partial charge in [0.05, 0.1) is 17.6 Å². The standard InChI is InChI=1S/C14H20N2O4S/c1-20-14(17)12-3-2-4-13(9-12)21(18,19)16-8-6-11-5-7-15-10-11/h2-4,9,11,15-16H,5-8,10H2,1H3. The van der Waals surface area contributed by atoms with Crippen molar-refractivity contribution in [2.24, 2.45) is 5.92 Å². The van der Waals surface area contributed by atoms with E-state index in [0.717, 1.165) is 25.9 Å². The topological polar surface area (TPSA) is 84.5 Å². The summed E-state index contributed by atoms with van der Waals surface area (Å²) in [5.74, 6) is -0.0295. The summed E-state index contributed by atoms with van der Waals surface area (Å²) < 4.78 is 31.6. The molecule has 116 valence electrons. The van der Waals surface area contributed by atoms with Crippen molar-refractivity contribution in [3.63, 3.8) is 0 Å². The van der Waals surface area contributed by atoms with Crippen LogP contribution in [0.4, 0.5) is 0 Å². The van der Waals surface area contributed by atoms with E-state index >= 15 is 0 Å². The monoisotopic (exact) mass is 312 g/mol. The Balaban J connectivity index is 1.99. The van der Waals surface area contributed by atoms with Crippen molar-refractivity contribution in [2.75, 3.05) is 26.7 Å². The highest BCUT2D eigenvalue weighted by molar-refractivity contribution is 7.89. The van der Waals surface area contributed by atoms with E-state index in [2.05, 4.69) is 14.8 Å². The molecule has 2 rings (SSSR count). The lowest BCUT2D eigenvalue weighted by atomic mass is 10.1. The minimum absolute atomic E-state index is 0.0787. The molecule has 0 radical (unpaired) electrons. The van der Waals surface area contributed by atoms with E-state index in [0.29, 0.717) is 12.5 Å². The fourth-order valence-electron chi connectivity index (χ4n) is 2.35.